The Balaban J connectivity index is 1.96. The van der Waals surface area contributed by atoms with Crippen molar-refractivity contribution >= 4 is 55.0 Å². The summed E-state index contributed by atoms with van der Waals surface area (Å²) in [6, 6.07) is 11.2. The number of hydrogen-bond donors (Lipinski definition) is 2. The summed E-state index contributed by atoms with van der Waals surface area (Å²) >= 11 is 7.88. The lowest BCUT2D eigenvalue weighted by atomic mass is 10.0. The molecule has 0 aliphatic heterocycles. The van der Waals surface area contributed by atoms with E-state index in [-0.39, 0.29) is 0 Å². The molecule has 2 heterocycles. The molecule has 4 rings (SSSR count). The summed E-state index contributed by atoms with van der Waals surface area (Å²) in [5.74, 6) is -0.0793. The average molecular weight is 355 g/mol. The number of nitrogens with zero attached hydrogens (tertiary/aromatic N) is 2. The molecule has 24 heavy (non-hydrogen) atoms. The Hall–Kier alpha value is -2.70. The minimum absolute atomic E-state index is 0.306. The topological polar surface area (TPSA) is 94.9 Å². The van der Waals surface area contributed by atoms with Crippen LogP contribution in [0.4, 0.5) is 5.82 Å². The normalized spacial score (nSPS) is 11.2. The van der Waals surface area contributed by atoms with Crippen molar-refractivity contribution in [2.24, 2.45) is 5.73 Å². The van der Waals surface area contributed by atoms with Crippen molar-refractivity contribution in [3.05, 3.63) is 53.3 Å². The number of aromatic nitrogens is 2. The Morgan fingerprint density at radius 2 is 2.00 bits per heavy atom. The standard InChI is InChI=1S/C17H11ClN4OS/c18-13-9(2-1-3-11(13)17(20)23)8-4-5-10-12(6-8)24-15-14(10)21-7-22-16(15)19/h1-7H,(H2,20,23)(H2,19,21,22). The predicted molar refractivity (Wildman–Crippen MR) is 98.3 cm³/mol. The lowest BCUT2D eigenvalue weighted by Gasteiger charge is -2.07. The van der Waals surface area contributed by atoms with Crippen molar-refractivity contribution in [2.45, 2.75) is 0 Å². The number of primary amides is 1. The van der Waals surface area contributed by atoms with Crippen molar-refractivity contribution in [1.82, 2.24) is 9.97 Å². The molecule has 118 valence electrons. The van der Waals surface area contributed by atoms with Crippen LogP contribution < -0.4 is 11.5 Å². The number of rotatable bonds is 2. The van der Waals surface area contributed by atoms with Crippen LogP contribution in [0.15, 0.2) is 42.7 Å². The molecule has 0 saturated carbocycles. The Morgan fingerprint density at radius 1 is 1.17 bits per heavy atom. The maximum Gasteiger partial charge on any atom is 0.250 e. The van der Waals surface area contributed by atoms with Gasteiger partial charge in [0.05, 0.1) is 20.8 Å². The van der Waals surface area contributed by atoms with Crippen LogP contribution in [0.5, 0.6) is 0 Å². The second-order valence-electron chi connectivity index (χ2n) is 5.28. The highest BCUT2D eigenvalue weighted by atomic mass is 35.5. The fraction of sp³-hybridized carbons (Fsp3) is 0. The third-order valence-electron chi connectivity index (χ3n) is 3.86. The Labute approximate surface area is 145 Å². The van der Waals surface area contributed by atoms with Gasteiger partial charge in [-0.2, -0.15) is 0 Å². The van der Waals surface area contributed by atoms with Gasteiger partial charge in [-0.1, -0.05) is 35.9 Å². The zero-order valence-corrected chi connectivity index (χ0v) is 13.9. The first-order valence-corrected chi connectivity index (χ1v) is 8.27. The SMILES string of the molecule is NC(=O)c1cccc(-c2ccc3c(c2)sc2c(N)ncnc23)c1Cl. The molecule has 0 aliphatic carbocycles. The van der Waals surface area contributed by atoms with E-state index >= 15 is 0 Å². The molecule has 0 aliphatic rings. The molecule has 0 bridgehead atoms. The summed E-state index contributed by atoms with van der Waals surface area (Å²) in [5.41, 5.74) is 14.1. The van der Waals surface area contributed by atoms with Gasteiger partial charge in [0, 0.05) is 15.6 Å². The molecule has 2 aromatic carbocycles. The number of anilines is 1. The molecule has 0 unspecified atom stereocenters. The monoisotopic (exact) mass is 354 g/mol. The summed E-state index contributed by atoms with van der Waals surface area (Å²) in [6.45, 7) is 0. The van der Waals surface area contributed by atoms with Crippen molar-refractivity contribution < 1.29 is 4.79 Å². The number of halogens is 1. The molecule has 4 aromatic rings. The number of amides is 1. The van der Waals surface area contributed by atoms with Gasteiger partial charge in [0.25, 0.3) is 0 Å². The molecule has 2 aromatic heterocycles. The summed E-state index contributed by atoms with van der Waals surface area (Å²) in [6.07, 6.45) is 1.46. The summed E-state index contributed by atoms with van der Waals surface area (Å²) in [4.78, 5) is 19.8. The van der Waals surface area contributed by atoms with E-state index in [1.165, 1.54) is 17.7 Å². The smallest absolute Gasteiger partial charge is 0.250 e. The molecule has 0 atom stereocenters. The number of fused-ring (bicyclic) bond motifs is 3. The predicted octanol–water partition coefficient (Wildman–Crippen LogP) is 3.85. The quantitative estimate of drug-likeness (QED) is 0.571. The van der Waals surface area contributed by atoms with Crippen LogP contribution in [0.3, 0.4) is 0 Å². The number of benzene rings is 2. The van der Waals surface area contributed by atoms with Crippen LogP contribution in [0, 0.1) is 0 Å². The zero-order valence-electron chi connectivity index (χ0n) is 12.3. The second kappa shape index (κ2) is 5.43. The Morgan fingerprint density at radius 3 is 2.79 bits per heavy atom. The average Bonchev–Trinajstić information content (AvgIpc) is 2.94. The summed E-state index contributed by atoms with van der Waals surface area (Å²) < 4.78 is 1.89. The first-order valence-electron chi connectivity index (χ1n) is 7.07. The Bertz CT molecular complexity index is 1120. The maximum atomic E-state index is 11.5. The van der Waals surface area contributed by atoms with E-state index in [0.29, 0.717) is 16.4 Å². The van der Waals surface area contributed by atoms with Crippen LogP contribution in [-0.4, -0.2) is 15.9 Å². The minimum Gasteiger partial charge on any atom is -0.382 e. The molecule has 5 nitrogen and oxygen atoms in total. The van der Waals surface area contributed by atoms with Gasteiger partial charge < -0.3 is 11.5 Å². The van der Waals surface area contributed by atoms with E-state index in [1.54, 1.807) is 12.1 Å². The molecular weight excluding hydrogens is 344 g/mol. The van der Waals surface area contributed by atoms with Gasteiger partial charge in [-0.15, -0.1) is 11.3 Å². The highest BCUT2D eigenvalue weighted by Crippen LogP contribution is 2.38. The summed E-state index contributed by atoms with van der Waals surface area (Å²) in [7, 11) is 0. The van der Waals surface area contributed by atoms with E-state index in [2.05, 4.69) is 9.97 Å². The van der Waals surface area contributed by atoms with Gasteiger partial charge in [-0.3, -0.25) is 4.79 Å². The van der Waals surface area contributed by atoms with Crippen molar-refractivity contribution in [2.75, 3.05) is 5.73 Å². The van der Waals surface area contributed by atoms with Crippen LogP contribution >= 0.6 is 22.9 Å². The molecule has 4 N–H and O–H groups in total. The zero-order chi connectivity index (χ0) is 16.8. The van der Waals surface area contributed by atoms with Crippen LogP contribution in [0.2, 0.25) is 5.02 Å². The van der Waals surface area contributed by atoms with Crippen molar-refractivity contribution in [1.29, 1.82) is 0 Å². The fourth-order valence-corrected chi connectivity index (χ4v) is 4.13. The van der Waals surface area contributed by atoms with E-state index < -0.39 is 5.91 Å². The van der Waals surface area contributed by atoms with Crippen LogP contribution in [0.25, 0.3) is 31.4 Å². The number of nitrogens with two attached hydrogens (primary N) is 2. The maximum absolute atomic E-state index is 11.5. The van der Waals surface area contributed by atoms with Crippen LogP contribution in [0.1, 0.15) is 10.4 Å². The van der Waals surface area contributed by atoms with Gasteiger partial charge in [0.2, 0.25) is 5.91 Å². The van der Waals surface area contributed by atoms with Gasteiger partial charge in [-0.05, 0) is 17.7 Å². The Kier molecular flexibility index (Phi) is 3.37. The van der Waals surface area contributed by atoms with E-state index in [9.17, 15) is 4.79 Å². The molecular formula is C17H11ClN4OS. The van der Waals surface area contributed by atoms with E-state index in [0.717, 1.165) is 31.4 Å². The fourth-order valence-electron chi connectivity index (χ4n) is 2.70. The summed E-state index contributed by atoms with van der Waals surface area (Å²) in [5, 5.41) is 1.36. The molecule has 1 amide bonds. The second-order valence-corrected chi connectivity index (χ2v) is 6.71. The van der Waals surface area contributed by atoms with Gasteiger partial charge in [0.15, 0.2) is 0 Å². The number of thiophene rings is 1. The first kappa shape index (κ1) is 14.9. The van der Waals surface area contributed by atoms with E-state index in [4.69, 9.17) is 23.1 Å². The van der Waals surface area contributed by atoms with Gasteiger partial charge in [0.1, 0.15) is 12.1 Å². The highest BCUT2D eigenvalue weighted by molar-refractivity contribution is 7.26. The number of hydrogen-bond acceptors (Lipinski definition) is 5. The van der Waals surface area contributed by atoms with E-state index in [1.807, 2.05) is 24.3 Å². The van der Waals surface area contributed by atoms with Crippen molar-refractivity contribution in [3.63, 3.8) is 0 Å². The molecule has 0 radical (unpaired) electrons. The van der Waals surface area contributed by atoms with Gasteiger partial charge in [-0.25, -0.2) is 9.97 Å². The number of nitrogen functional groups attached to an aromatic ring is 1. The highest BCUT2D eigenvalue weighted by Gasteiger charge is 2.14. The number of carbonyl (C=O) groups excluding carboxylic acids is 1. The first-order chi connectivity index (χ1) is 11.6. The van der Waals surface area contributed by atoms with Crippen LogP contribution in [-0.2, 0) is 0 Å². The molecule has 0 fully saturated rings. The lowest BCUT2D eigenvalue weighted by Crippen LogP contribution is -2.11. The minimum atomic E-state index is -0.548. The van der Waals surface area contributed by atoms with Gasteiger partial charge >= 0.3 is 0 Å². The third kappa shape index (κ3) is 2.19. The molecule has 0 spiro atoms. The number of carbonyl (C=O) groups is 1. The lowest BCUT2D eigenvalue weighted by molar-refractivity contribution is 0.100. The largest absolute Gasteiger partial charge is 0.382 e. The molecule has 0 saturated heterocycles. The molecule has 7 heteroatoms. The third-order valence-corrected chi connectivity index (χ3v) is 5.43. The van der Waals surface area contributed by atoms with Crippen molar-refractivity contribution in [3.8, 4) is 11.1 Å².